The van der Waals surface area contributed by atoms with Gasteiger partial charge in [0, 0.05) is 31.4 Å². The van der Waals surface area contributed by atoms with Crippen LogP contribution in [-0.2, 0) is 11.2 Å². The van der Waals surface area contributed by atoms with E-state index in [1.807, 2.05) is 0 Å². The molecule has 3 unspecified atom stereocenters. The second-order valence-corrected chi connectivity index (χ2v) is 5.68. The third-order valence-corrected chi connectivity index (χ3v) is 3.82. The molecule has 1 aromatic rings. The Hall–Kier alpha value is -1.06. The average Bonchev–Trinajstić information content (AvgIpc) is 2.69. The Morgan fingerprint density at radius 3 is 2.67 bits per heavy atom. The molecule has 0 bridgehead atoms. The summed E-state index contributed by atoms with van der Waals surface area (Å²) < 4.78 is 5.78. The number of benzene rings is 1. The molecule has 0 aliphatic carbocycles. The Morgan fingerprint density at radius 1 is 1.22 bits per heavy atom. The monoisotopic (exact) mass is 246 g/mol. The Morgan fingerprint density at radius 2 is 1.94 bits per heavy atom. The van der Waals surface area contributed by atoms with Crippen molar-refractivity contribution in [3.05, 3.63) is 29.8 Å². The first-order valence-corrected chi connectivity index (χ1v) is 6.93. The van der Waals surface area contributed by atoms with Crippen LogP contribution in [0.15, 0.2) is 24.3 Å². The van der Waals surface area contributed by atoms with Crippen molar-refractivity contribution in [3.63, 3.8) is 0 Å². The van der Waals surface area contributed by atoms with Gasteiger partial charge in [-0.1, -0.05) is 18.2 Å². The number of fused-ring (bicyclic) bond motifs is 1. The van der Waals surface area contributed by atoms with Gasteiger partial charge in [-0.25, -0.2) is 0 Å². The van der Waals surface area contributed by atoms with Crippen LogP contribution in [0.5, 0.6) is 0 Å². The van der Waals surface area contributed by atoms with Crippen LogP contribution in [0.2, 0.25) is 0 Å². The molecule has 1 aromatic carbocycles. The average molecular weight is 246 g/mol. The van der Waals surface area contributed by atoms with Gasteiger partial charge in [-0.2, -0.15) is 0 Å². The maximum absolute atomic E-state index is 5.78. The van der Waals surface area contributed by atoms with Gasteiger partial charge in [-0.15, -0.1) is 0 Å². The van der Waals surface area contributed by atoms with Crippen LogP contribution < -0.4 is 5.32 Å². The van der Waals surface area contributed by atoms with Gasteiger partial charge in [0.2, 0.25) is 0 Å². The predicted molar refractivity (Wildman–Crippen MR) is 74.0 cm³/mol. The molecule has 0 amide bonds. The first-order chi connectivity index (χ1) is 8.70. The van der Waals surface area contributed by atoms with Gasteiger partial charge in [-0.3, -0.25) is 4.90 Å². The molecule has 2 aliphatic heterocycles. The molecule has 1 N–H and O–H groups in total. The summed E-state index contributed by atoms with van der Waals surface area (Å²) >= 11 is 0. The smallest absolute Gasteiger partial charge is 0.0678 e. The SMILES string of the molecule is CC1CN(CC2Cc3ccccc3N2)CC(C)O1. The largest absolute Gasteiger partial charge is 0.380 e. The van der Waals surface area contributed by atoms with Crippen molar-refractivity contribution >= 4 is 5.69 Å². The summed E-state index contributed by atoms with van der Waals surface area (Å²) in [6, 6.07) is 9.20. The third-order valence-electron chi connectivity index (χ3n) is 3.82. The zero-order chi connectivity index (χ0) is 12.5. The summed E-state index contributed by atoms with van der Waals surface area (Å²) in [7, 11) is 0. The van der Waals surface area contributed by atoms with Gasteiger partial charge >= 0.3 is 0 Å². The van der Waals surface area contributed by atoms with Crippen molar-refractivity contribution in [2.75, 3.05) is 25.0 Å². The van der Waals surface area contributed by atoms with E-state index in [0.717, 1.165) is 26.1 Å². The fourth-order valence-electron chi connectivity index (χ4n) is 3.23. The molecule has 98 valence electrons. The van der Waals surface area contributed by atoms with E-state index >= 15 is 0 Å². The molecule has 1 saturated heterocycles. The van der Waals surface area contributed by atoms with Gasteiger partial charge in [0.25, 0.3) is 0 Å². The van der Waals surface area contributed by atoms with Crippen molar-refractivity contribution < 1.29 is 4.74 Å². The highest BCUT2D eigenvalue weighted by Gasteiger charge is 2.27. The minimum Gasteiger partial charge on any atom is -0.380 e. The highest BCUT2D eigenvalue weighted by molar-refractivity contribution is 5.56. The summed E-state index contributed by atoms with van der Waals surface area (Å²) in [4.78, 5) is 2.53. The second-order valence-electron chi connectivity index (χ2n) is 5.68. The fourth-order valence-corrected chi connectivity index (χ4v) is 3.23. The minimum atomic E-state index is 0.359. The van der Waals surface area contributed by atoms with E-state index in [4.69, 9.17) is 4.74 Å². The molecule has 3 nitrogen and oxygen atoms in total. The van der Waals surface area contributed by atoms with Gasteiger partial charge < -0.3 is 10.1 Å². The van der Waals surface area contributed by atoms with E-state index < -0.39 is 0 Å². The molecule has 0 aromatic heterocycles. The van der Waals surface area contributed by atoms with Gasteiger partial charge in [0.1, 0.15) is 0 Å². The normalized spacial score (nSPS) is 32.0. The van der Waals surface area contributed by atoms with Crippen LogP contribution in [0.4, 0.5) is 5.69 Å². The van der Waals surface area contributed by atoms with Crippen molar-refractivity contribution in [2.45, 2.75) is 38.5 Å². The number of morpholine rings is 1. The van der Waals surface area contributed by atoms with E-state index in [1.54, 1.807) is 0 Å². The van der Waals surface area contributed by atoms with Gasteiger partial charge in [0.05, 0.1) is 12.2 Å². The standard InChI is InChI=1S/C15H22N2O/c1-11-8-17(9-12(2)18-11)10-14-7-13-5-3-4-6-15(13)16-14/h3-6,11-12,14,16H,7-10H2,1-2H3. The summed E-state index contributed by atoms with van der Waals surface area (Å²) in [5, 5.41) is 3.63. The molecule has 3 atom stereocenters. The predicted octanol–water partition coefficient (Wildman–Crippen LogP) is 2.13. The molecule has 1 fully saturated rings. The van der Waals surface area contributed by atoms with Crippen LogP contribution in [0.25, 0.3) is 0 Å². The minimum absolute atomic E-state index is 0.359. The Labute approximate surface area is 109 Å². The molecule has 2 aliphatic rings. The highest BCUT2D eigenvalue weighted by atomic mass is 16.5. The lowest BCUT2D eigenvalue weighted by Crippen LogP contribution is -2.48. The molecule has 0 radical (unpaired) electrons. The van der Waals surface area contributed by atoms with Crippen LogP contribution in [0.3, 0.4) is 0 Å². The number of anilines is 1. The van der Waals surface area contributed by atoms with E-state index in [1.165, 1.54) is 11.3 Å². The number of nitrogens with one attached hydrogen (secondary N) is 1. The number of rotatable bonds is 2. The van der Waals surface area contributed by atoms with E-state index in [9.17, 15) is 0 Å². The Kier molecular flexibility index (Phi) is 3.27. The second kappa shape index (κ2) is 4.90. The Bertz CT molecular complexity index is 386. The Balaban J connectivity index is 1.59. The highest BCUT2D eigenvalue weighted by Crippen LogP contribution is 2.26. The molecule has 3 heteroatoms. The first-order valence-electron chi connectivity index (χ1n) is 6.93. The van der Waals surface area contributed by atoms with E-state index in [0.29, 0.717) is 18.2 Å². The fraction of sp³-hybridized carbons (Fsp3) is 0.600. The maximum atomic E-state index is 5.78. The van der Waals surface area contributed by atoms with Crippen molar-refractivity contribution in [1.29, 1.82) is 0 Å². The zero-order valence-electron chi connectivity index (χ0n) is 11.2. The lowest BCUT2D eigenvalue weighted by atomic mass is 10.1. The van der Waals surface area contributed by atoms with Gasteiger partial charge in [-0.05, 0) is 31.9 Å². The maximum Gasteiger partial charge on any atom is 0.0678 e. The van der Waals surface area contributed by atoms with Crippen LogP contribution in [0, 0.1) is 0 Å². The molecule has 0 spiro atoms. The van der Waals surface area contributed by atoms with Crippen molar-refractivity contribution in [2.24, 2.45) is 0 Å². The molecule has 0 saturated carbocycles. The third kappa shape index (κ3) is 2.52. The number of hydrogen-bond donors (Lipinski definition) is 1. The zero-order valence-corrected chi connectivity index (χ0v) is 11.2. The van der Waals surface area contributed by atoms with Crippen molar-refractivity contribution in [3.8, 4) is 0 Å². The lowest BCUT2D eigenvalue weighted by Gasteiger charge is -2.36. The summed E-state index contributed by atoms with van der Waals surface area (Å²) in [5.41, 5.74) is 2.77. The summed E-state index contributed by atoms with van der Waals surface area (Å²) in [6.07, 6.45) is 1.87. The summed E-state index contributed by atoms with van der Waals surface area (Å²) in [5.74, 6) is 0. The molecule has 2 heterocycles. The first kappa shape index (κ1) is 12.0. The summed E-state index contributed by atoms with van der Waals surface area (Å²) in [6.45, 7) is 7.56. The van der Waals surface area contributed by atoms with E-state index in [-0.39, 0.29) is 0 Å². The topological polar surface area (TPSA) is 24.5 Å². The quantitative estimate of drug-likeness (QED) is 0.865. The molecule has 3 rings (SSSR count). The van der Waals surface area contributed by atoms with Crippen molar-refractivity contribution in [1.82, 2.24) is 4.90 Å². The van der Waals surface area contributed by atoms with Crippen LogP contribution in [-0.4, -0.2) is 42.8 Å². The number of hydrogen-bond acceptors (Lipinski definition) is 3. The lowest BCUT2D eigenvalue weighted by molar-refractivity contribution is -0.0685. The van der Waals surface area contributed by atoms with E-state index in [2.05, 4.69) is 48.3 Å². The van der Waals surface area contributed by atoms with Crippen LogP contribution in [0.1, 0.15) is 19.4 Å². The van der Waals surface area contributed by atoms with Crippen LogP contribution >= 0.6 is 0 Å². The number of para-hydroxylation sites is 1. The van der Waals surface area contributed by atoms with Gasteiger partial charge in [0.15, 0.2) is 0 Å². The number of ether oxygens (including phenoxy) is 1. The number of nitrogens with zero attached hydrogens (tertiary/aromatic N) is 1. The molecular formula is C15H22N2O. The molecule has 18 heavy (non-hydrogen) atoms. The molecular weight excluding hydrogens is 224 g/mol.